The van der Waals surface area contributed by atoms with Crippen LogP contribution in [-0.2, 0) is 10.0 Å². The Morgan fingerprint density at radius 1 is 1.41 bits per heavy atom. The molecule has 1 aliphatic carbocycles. The summed E-state index contributed by atoms with van der Waals surface area (Å²) in [5, 5.41) is 8.33. The SMILES string of the molecule is NS(=O)(=O)C1=CCC(CCCl)(NCCCl)C=C1. The number of sulfonamides is 1. The van der Waals surface area contributed by atoms with Gasteiger partial charge in [-0.1, -0.05) is 12.2 Å². The molecule has 17 heavy (non-hydrogen) atoms. The maximum atomic E-state index is 11.2. The van der Waals surface area contributed by atoms with Crippen LogP contribution in [0.2, 0.25) is 0 Å². The molecule has 0 amide bonds. The molecule has 0 fully saturated rings. The van der Waals surface area contributed by atoms with Gasteiger partial charge >= 0.3 is 0 Å². The summed E-state index contributed by atoms with van der Waals surface area (Å²) in [6.07, 6.45) is 6.19. The molecule has 0 aliphatic heterocycles. The van der Waals surface area contributed by atoms with E-state index in [0.717, 1.165) is 0 Å². The molecular formula is C10H16Cl2N2O2S. The first-order chi connectivity index (χ1) is 7.93. The summed E-state index contributed by atoms with van der Waals surface area (Å²) in [6, 6.07) is 0. The predicted molar refractivity (Wildman–Crippen MR) is 71.7 cm³/mol. The second kappa shape index (κ2) is 6.20. The van der Waals surface area contributed by atoms with E-state index in [2.05, 4.69) is 5.32 Å². The van der Waals surface area contributed by atoms with Crippen molar-refractivity contribution in [2.45, 2.75) is 18.4 Å². The molecule has 0 heterocycles. The molecule has 1 atom stereocenters. The highest BCUT2D eigenvalue weighted by Crippen LogP contribution is 2.26. The minimum atomic E-state index is -3.62. The Balaban J connectivity index is 2.81. The van der Waals surface area contributed by atoms with E-state index in [9.17, 15) is 8.42 Å². The van der Waals surface area contributed by atoms with E-state index in [4.69, 9.17) is 28.3 Å². The fourth-order valence-corrected chi connectivity index (χ4v) is 2.75. The summed E-state index contributed by atoms with van der Waals surface area (Å²) in [6.45, 7) is 0.640. The normalized spacial score (nSPS) is 24.8. The van der Waals surface area contributed by atoms with Crippen molar-refractivity contribution in [3.05, 3.63) is 23.1 Å². The van der Waals surface area contributed by atoms with Gasteiger partial charge in [-0.25, -0.2) is 13.6 Å². The van der Waals surface area contributed by atoms with Crippen LogP contribution in [0.1, 0.15) is 12.8 Å². The standard InChI is InChI=1S/C10H16Cl2N2O2S/c11-6-5-10(14-8-7-12)3-1-9(2-4-10)17(13,15)16/h1-3,14H,4-8H2,(H2,13,15,16). The molecule has 1 rings (SSSR count). The lowest BCUT2D eigenvalue weighted by molar-refractivity contribution is 0.402. The van der Waals surface area contributed by atoms with E-state index in [-0.39, 0.29) is 10.4 Å². The van der Waals surface area contributed by atoms with Crippen LogP contribution in [0.4, 0.5) is 0 Å². The lowest BCUT2D eigenvalue weighted by Gasteiger charge is -2.32. The van der Waals surface area contributed by atoms with Crippen molar-refractivity contribution in [2.24, 2.45) is 5.14 Å². The van der Waals surface area contributed by atoms with Gasteiger partial charge in [-0.15, -0.1) is 23.2 Å². The first-order valence-electron chi connectivity index (χ1n) is 5.23. The van der Waals surface area contributed by atoms with Crippen molar-refractivity contribution in [3.8, 4) is 0 Å². The van der Waals surface area contributed by atoms with E-state index in [1.54, 1.807) is 6.08 Å². The van der Waals surface area contributed by atoms with Crippen molar-refractivity contribution in [2.75, 3.05) is 18.3 Å². The zero-order chi connectivity index (χ0) is 12.9. The van der Waals surface area contributed by atoms with Crippen molar-refractivity contribution in [1.82, 2.24) is 5.32 Å². The maximum Gasteiger partial charge on any atom is 0.237 e. The molecule has 7 heteroatoms. The van der Waals surface area contributed by atoms with Gasteiger partial charge in [-0.05, 0) is 18.9 Å². The summed E-state index contributed by atoms with van der Waals surface area (Å²) in [4.78, 5) is 0.148. The van der Waals surface area contributed by atoms with Crippen LogP contribution in [0.3, 0.4) is 0 Å². The van der Waals surface area contributed by atoms with Crippen molar-refractivity contribution < 1.29 is 8.42 Å². The molecule has 1 unspecified atom stereocenters. The van der Waals surface area contributed by atoms with Crippen LogP contribution in [0, 0.1) is 0 Å². The Bertz CT molecular complexity index is 420. The number of halogens is 2. The van der Waals surface area contributed by atoms with Gasteiger partial charge in [0, 0.05) is 23.8 Å². The predicted octanol–water partition coefficient (Wildman–Crippen LogP) is 1.31. The quantitative estimate of drug-likeness (QED) is 0.726. The number of primary sulfonamides is 1. The Morgan fingerprint density at radius 2 is 2.12 bits per heavy atom. The third kappa shape index (κ3) is 4.26. The zero-order valence-electron chi connectivity index (χ0n) is 9.33. The van der Waals surface area contributed by atoms with Crippen LogP contribution >= 0.6 is 23.2 Å². The molecular weight excluding hydrogens is 283 g/mol. The average molecular weight is 299 g/mol. The van der Waals surface area contributed by atoms with E-state index in [1.165, 1.54) is 6.08 Å². The zero-order valence-corrected chi connectivity index (χ0v) is 11.7. The number of allylic oxidation sites excluding steroid dienone is 1. The van der Waals surface area contributed by atoms with Gasteiger partial charge in [-0.3, -0.25) is 0 Å². The lowest BCUT2D eigenvalue weighted by atomic mass is 9.88. The number of nitrogens with two attached hydrogens (primary N) is 1. The molecule has 1 aliphatic rings. The van der Waals surface area contributed by atoms with Crippen LogP contribution in [0.15, 0.2) is 23.1 Å². The highest BCUT2D eigenvalue weighted by atomic mass is 35.5. The second-order valence-electron chi connectivity index (χ2n) is 3.90. The molecule has 0 spiro atoms. The number of rotatable bonds is 6. The molecule has 0 aromatic carbocycles. The molecule has 0 saturated carbocycles. The van der Waals surface area contributed by atoms with Crippen molar-refractivity contribution in [1.29, 1.82) is 0 Å². The Morgan fingerprint density at radius 3 is 2.53 bits per heavy atom. The van der Waals surface area contributed by atoms with Gasteiger partial charge in [-0.2, -0.15) is 0 Å². The minimum Gasteiger partial charge on any atom is -0.306 e. The first-order valence-corrected chi connectivity index (χ1v) is 7.84. The molecule has 4 nitrogen and oxygen atoms in total. The fraction of sp³-hybridized carbons (Fsp3) is 0.600. The number of nitrogens with one attached hydrogen (secondary N) is 1. The van der Waals surface area contributed by atoms with Crippen molar-refractivity contribution >= 4 is 33.2 Å². The average Bonchev–Trinajstić information content (AvgIpc) is 2.26. The third-order valence-electron chi connectivity index (χ3n) is 2.67. The van der Waals surface area contributed by atoms with Crippen LogP contribution in [0.25, 0.3) is 0 Å². The Kier molecular flexibility index (Phi) is 5.47. The van der Waals surface area contributed by atoms with Gasteiger partial charge in [0.2, 0.25) is 10.0 Å². The third-order valence-corrected chi connectivity index (χ3v) is 4.01. The largest absolute Gasteiger partial charge is 0.306 e. The molecule has 98 valence electrons. The monoisotopic (exact) mass is 298 g/mol. The van der Waals surface area contributed by atoms with Gasteiger partial charge in [0.05, 0.1) is 4.91 Å². The Labute approximate surface area is 112 Å². The van der Waals surface area contributed by atoms with Crippen LogP contribution in [0.5, 0.6) is 0 Å². The molecule has 0 bridgehead atoms. The van der Waals surface area contributed by atoms with E-state index in [1.807, 2.05) is 6.08 Å². The highest BCUT2D eigenvalue weighted by Gasteiger charge is 2.28. The molecule has 0 aromatic rings. The Hall–Kier alpha value is -0.0700. The van der Waals surface area contributed by atoms with Crippen LogP contribution < -0.4 is 10.5 Å². The molecule has 0 radical (unpaired) electrons. The summed E-state index contributed by atoms with van der Waals surface area (Å²) >= 11 is 11.4. The smallest absolute Gasteiger partial charge is 0.237 e. The van der Waals surface area contributed by atoms with Gasteiger partial charge in [0.1, 0.15) is 0 Å². The first kappa shape index (κ1) is 15.0. The van der Waals surface area contributed by atoms with E-state index in [0.29, 0.717) is 31.1 Å². The van der Waals surface area contributed by atoms with Gasteiger partial charge in [0.15, 0.2) is 0 Å². The lowest BCUT2D eigenvalue weighted by Crippen LogP contribution is -2.45. The highest BCUT2D eigenvalue weighted by molar-refractivity contribution is 7.93. The molecule has 0 saturated heterocycles. The van der Waals surface area contributed by atoms with Crippen LogP contribution in [-0.4, -0.2) is 32.3 Å². The number of alkyl halides is 2. The van der Waals surface area contributed by atoms with E-state index >= 15 is 0 Å². The summed E-state index contributed by atoms with van der Waals surface area (Å²) in [5.41, 5.74) is -0.315. The summed E-state index contributed by atoms with van der Waals surface area (Å²) in [7, 11) is -3.62. The second-order valence-corrected chi connectivity index (χ2v) is 6.22. The molecule has 3 N–H and O–H groups in total. The summed E-state index contributed by atoms with van der Waals surface area (Å²) in [5.74, 6) is 0.974. The number of hydrogen-bond donors (Lipinski definition) is 2. The maximum absolute atomic E-state index is 11.2. The van der Waals surface area contributed by atoms with Crippen molar-refractivity contribution in [3.63, 3.8) is 0 Å². The molecule has 0 aromatic heterocycles. The van der Waals surface area contributed by atoms with E-state index < -0.39 is 10.0 Å². The van der Waals surface area contributed by atoms with Gasteiger partial charge < -0.3 is 5.32 Å². The summed E-state index contributed by atoms with van der Waals surface area (Å²) < 4.78 is 22.3. The topological polar surface area (TPSA) is 72.2 Å². The number of hydrogen-bond acceptors (Lipinski definition) is 3. The van der Waals surface area contributed by atoms with Gasteiger partial charge in [0.25, 0.3) is 0 Å². The fourth-order valence-electron chi connectivity index (χ4n) is 1.74. The minimum absolute atomic E-state index is 0.148.